The van der Waals surface area contributed by atoms with E-state index < -0.39 is 0 Å². The molecule has 19 heavy (non-hydrogen) atoms. The fourth-order valence-electron chi connectivity index (χ4n) is 2.28. The Morgan fingerprint density at radius 1 is 1.58 bits per heavy atom. The molecule has 2 rings (SSSR count). The van der Waals surface area contributed by atoms with E-state index >= 15 is 0 Å². The van der Waals surface area contributed by atoms with Crippen LogP contribution in [0.5, 0.6) is 0 Å². The van der Waals surface area contributed by atoms with Crippen LogP contribution in [0.3, 0.4) is 0 Å². The molecule has 3 unspecified atom stereocenters. The first-order chi connectivity index (χ1) is 9.15. The van der Waals surface area contributed by atoms with Crippen LogP contribution in [0, 0.1) is 0 Å². The smallest absolute Gasteiger partial charge is 0.0981 e. The van der Waals surface area contributed by atoms with Crippen LogP contribution in [0.2, 0.25) is 0 Å². The second-order valence-corrected chi connectivity index (χ2v) is 5.10. The number of morpholine rings is 1. The molecule has 0 aromatic carbocycles. The molecule has 5 heteroatoms. The molecule has 0 radical (unpaired) electrons. The topological polar surface area (TPSA) is 71.6 Å². The second kappa shape index (κ2) is 6.32. The van der Waals surface area contributed by atoms with Gasteiger partial charge in [0, 0.05) is 18.6 Å². The maximum Gasteiger partial charge on any atom is 0.0981 e. The van der Waals surface area contributed by atoms with Gasteiger partial charge in [0.05, 0.1) is 36.9 Å². The van der Waals surface area contributed by atoms with Gasteiger partial charge in [-0.05, 0) is 25.5 Å². The van der Waals surface area contributed by atoms with Gasteiger partial charge in [-0.2, -0.15) is 0 Å². The Bertz CT molecular complexity index is 396. The Labute approximate surface area is 114 Å². The summed E-state index contributed by atoms with van der Waals surface area (Å²) in [7, 11) is 0. The van der Waals surface area contributed by atoms with E-state index in [-0.39, 0.29) is 24.8 Å². The van der Waals surface area contributed by atoms with Gasteiger partial charge in [0.15, 0.2) is 0 Å². The zero-order chi connectivity index (χ0) is 13.8. The standard InChI is InChI=1S/C14H23N3O2/c1-3-13(15)14-5-4-11(6-16-14)17-7-12(8-18)19-9-10(17)2/h4-6,10,12-13,18H,3,7-9,15H2,1-2H3. The van der Waals surface area contributed by atoms with E-state index in [2.05, 4.69) is 23.7 Å². The first-order valence-electron chi connectivity index (χ1n) is 6.86. The molecule has 1 aliphatic heterocycles. The summed E-state index contributed by atoms with van der Waals surface area (Å²) in [6.07, 6.45) is 2.63. The number of nitrogens with two attached hydrogens (primary N) is 1. The van der Waals surface area contributed by atoms with Crippen molar-refractivity contribution in [2.75, 3.05) is 24.7 Å². The number of hydrogen-bond donors (Lipinski definition) is 2. The number of nitrogens with zero attached hydrogens (tertiary/aromatic N) is 2. The number of aliphatic hydroxyl groups excluding tert-OH is 1. The summed E-state index contributed by atoms with van der Waals surface area (Å²) in [5.41, 5.74) is 7.94. The molecule has 1 aromatic rings. The summed E-state index contributed by atoms with van der Waals surface area (Å²) < 4.78 is 5.54. The van der Waals surface area contributed by atoms with E-state index in [1.54, 1.807) is 0 Å². The number of pyridine rings is 1. The van der Waals surface area contributed by atoms with Crippen molar-refractivity contribution in [1.82, 2.24) is 4.98 Å². The summed E-state index contributed by atoms with van der Waals surface area (Å²) in [4.78, 5) is 6.66. The van der Waals surface area contributed by atoms with Gasteiger partial charge in [-0.3, -0.25) is 4.98 Å². The Kier molecular flexibility index (Phi) is 4.74. The highest BCUT2D eigenvalue weighted by molar-refractivity contribution is 5.46. The van der Waals surface area contributed by atoms with Crippen LogP contribution in [0.25, 0.3) is 0 Å². The molecule has 3 atom stereocenters. The van der Waals surface area contributed by atoms with Crippen molar-refractivity contribution in [2.24, 2.45) is 5.73 Å². The van der Waals surface area contributed by atoms with Crippen LogP contribution in [0.1, 0.15) is 32.0 Å². The van der Waals surface area contributed by atoms with Crippen molar-refractivity contribution < 1.29 is 9.84 Å². The van der Waals surface area contributed by atoms with E-state index in [4.69, 9.17) is 10.5 Å². The molecule has 0 spiro atoms. The fourth-order valence-corrected chi connectivity index (χ4v) is 2.28. The van der Waals surface area contributed by atoms with E-state index in [0.29, 0.717) is 13.2 Å². The Morgan fingerprint density at radius 3 is 2.95 bits per heavy atom. The minimum absolute atomic E-state index is 0.00125. The first-order valence-corrected chi connectivity index (χ1v) is 6.86. The lowest BCUT2D eigenvalue weighted by molar-refractivity contribution is -0.0103. The van der Waals surface area contributed by atoms with Crippen molar-refractivity contribution >= 4 is 5.69 Å². The third-order valence-electron chi connectivity index (χ3n) is 3.63. The van der Waals surface area contributed by atoms with E-state index in [9.17, 15) is 5.11 Å². The largest absolute Gasteiger partial charge is 0.394 e. The first kappa shape index (κ1) is 14.2. The normalized spacial score (nSPS) is 25.4. The van der Waals surface area contributed by atoms with E-state index in [0.717, 1.165) is 17.8 Å². The van der Waals surface area contributed by atoms with Gasteiger partial charge in [0.1, 0.15) is 0 Å². The molecule has 1 fully saturated rings. The SMILES string of the molecule is CCC(N)c1ccc(N2CC(CO)OCC2C)cn1. The molecule has 0 aliphatic carbocycles. The molecule has 1 aromatic heterocycles. The van der Waals surface area contributed by atoms with Gasteiger partial charge in [0.2, 0.25) is 0 Å². The molecule has 3 N–H and O–H groups in total. The highest BCUT2D eigenvalue weighted by atomic mass is 16.5. The van der Waals surface area contributed by atoms with Crippen LogP contribution in [0.4, 0.5) is 5.69 Å². The summed E-state index contributed by atoms with van der Waals surface area (Å²) in [5, 5.41) is 9.21. The maximum absolute atomic E-state index is 9.21. The molecule has 5 nitrogen and oxygen atoms in total. The number of aromatic nitrogens is 1. The number of ether oxygens (including phenoxy) is 1. The summed E-state index contributed by atoms with van der Waals surface area (Å²) in [6, 6.07) is 4.32. The predicted molar refractivity (Wildman–Crippen MR) is 75.1 cm³/mol. The second-order valence-electron chi connectivity index (χ2n) is 5.10. The average molecular weight is 265 g/mol. The van der Waals surface area contributed by atoms with E-state index in [1.165, 1.54) is 0 Å². The number of aliphatic hydroxyl groups is 1. The van der Waals surface area contributed by atoms with Crippen LogP contribution in [-0.2, 0) is 4.74 Å². The lowest BCUT2D eigenvalue weighted by Crippen LogP contribution is -2.49. The lowest BCUT2D eigenvalue weighted by atomic mass is 10.1. The van der Waals surface area contributed by atoms with Crippen LogP contribution < -0.4 is 10.6 Å². The van der Waals surface area contributed by atoms with Crippen molar-refractivity contribution in [3.05, 3.63) is 24.0 Å². The third-order valence-corrected chi connectivity index (χ3v) is 3.63. The minimum atomic E-state index is -0.117. The predicted octanol–water partition coefficient (Wildman–Crippen LogP) is 1.08. The van der Waals surface area contributed by atoms with E-state index in [1.807, 2.05) is 18.3 Å². The number of anilines is 1. The average Bonchev–Trinajstić information content (AvgIpc) is 2.47. The minimum Gasteiger partial charge on any atom is -0.394 e. The molecule has 0 saturated carbocycles. The molecule has 0 bridgehead atoms. The van der Waals surface area contributed by atoms with Gasteiger partial charge < -0.3 is 20.5 Å². The van der Waals surface area contributed by atoms with Gasteiger partial charge >= 0.3 is 0 Å². The molecule has 1 aliphatic rings. The van der Waals surface area contributed by atoms with Gasteiger partial charge in [0.25, 0.3) is 0 Å². The molecule has 106 valence electrons. The summed E-state index contributed by atoms with van der Waals surface area (Å²) in [5.74, 6) is 0. The zero-order valence-corrected chi connectivity index (χ0v) is 11.6. The summed E-state index contributed by atoms with van der Waals surface area (Å²) >= 11 is 0. The fraction of sp³-hybridized carbons (Fsp3) is 0.643. The number of rotatable bonds is 4. The van der Waals surface area contributed by atoms with Gasteiger partial charge in [-0.25, -0.2) is 0 Å². The highest BCUT2D eigenvalue weighted by Crippen LogP contribution is 2.22. The third kappa shape index (κ3) is 3.23. The quantitative estimate of drug-likeness (QED) is 0.852. The van der Waals surface area contributed by atoms with Crippen LogP contribution in [-0.4, -0.2) is 42.0 Å². The molecular weight excluding hydrogens is 242 g/mol. The van der Waals surface area contributed by atoms with Gasteiger partial charge in [-0.15, -0.1) is 0 Å². The maximum atomic E-state index is 9.21. The number of hydrogen-bond acceptors (Lipinski definition) is 5. The van der Waals surface area contributed by atoms with Crippen molar-refractivity contribution in [3.8, 4) is 0 Å². The van der Waals surface area contributed by atoms with Crippen molar-refractivity contribution in [3.63, 3.8) is 0 Å². The summed E-state index contributed by atoms with van der Waals surface area (Å²) in [6.45, 7) is 5.53. The molecule has 1 saturated heterocycles. The zero-order valence-electron chi connectivity index (χ0n) is 11.6. The van der Waals surface area contributed by atoms with Crippen LogP contribution in [0.15, 0.2) is 18.3 Å². The monoisotopic (exact) mass is 265 g/mol. The molecule has 0 amide bonds. The van der Waals surface area contributed by atoms with Crippen LogP contribution >= 0.6 is 0 Å². The molecular formula is C14H23N3O2. The Hall–Kier alpha value is -1.17. The molecule has 2 heterocycles. The highest BCUT2D eigenvalue weighted by Gasteiger charge is 2.26. The van der Waals surface area contributed by atoms with Crippen molar-refractivity contribution in [2.45, 2.75) is 38.5 Å². The Morgan fingerprint density at radius 2 is 2.37 bits per heavy atom. The lowest BCUT2D eigenvalue weighted by Gasteiger charge is -2.38. The van der Waals surface area contributed by atoms with Gasteiger partial charge in [-0.1, -0.05) is 6.92 Å². The Balaban J connectivity index is 2.11. The van der Waals surface area contributed by atoms with Crippen molar-refractivity contribution in [1.29, 1.82) is 0 Å².